The van der Waals surface area contributed by atoms with Gasteiger partial charge in [-0.25, -0.2) is 25.9 Å². The third-order valence-corrected chi connectivity index (χ3v) is 6.48. The third-order valence-electron chi connectivity index (χ3n) is 3.31. The molecule has 1 aromatic rings. The lowest BCUT2D eigenvalue weighted by atomic mass is 10.3. The van der Waals surface area contributed by atoms with Gasteiger partial charge in [0.05, 0.1) is 16.3 Å². The largest absolute Gasteiger partial charge is 0.308 e. The van der Waals surface area contributed by atoms with Crippen LogP contribution >= 0.6 is 0 Å². The summed E-state index contributed by atoms with van der Waals surface area (Å²) in [7, 11) is -3.66. The molecule has 0 atom stereocenters. The molecule has 0 aromatic heterocycles. The van der Waals surface area contributed by atoms with E-state index in [1.54, 1.807) is 0 Å². The van der Waals surface area contributed by atoms with Crippen LogP contribution in [-0.4, -0.2) is 60.6 Å². The Kier molecular flexibility index (Phi) is 5.09. The van der Waals surface area contributed by atoms with Gasteiger partial charge in [-0.1, -0.05) is 0 Å². The zero-order valence-corrected chi connectivity index (χ0v) is 14.5. The number of carbonyl (C=O) groups is 1. The first-order valence-corrected chi connectivity index (χ1v) is 10.0. The first-order chi connectivity index (χ1) is 10.6. The maximum Gasteiger partial charge on any atom is 0.242 e. The first kappa shape index (κ1) is 17.9. The zero-order chi connectivity index (χ0) is 17.3. The Morgan fingerprint density at radius 1 is 1.22 bits per heavy atom. The molecule has 1 saturated heterocycles. The molecule has 1 aliphatic rings. The summed E-state index contributed by atoms with van der Waals surface area (Å²) in [5.74, 6) is -0.734. The zero-order valence-electron chi connectivity index (χ0n) is 12.9. The summed E-state index contributed by atoms with van der Waals surface area (Å²) in [5.41, 5.74) is 0.153. The maximum absolute atomic E-state index is 12.1. The Bertz CT molecular complexity index is 785. The summed E-state index contributed by atoms with van der Waals surface area (Å²) in [6.07, 6.45) is -0.0610. The molecular weight excluding hydrogens is 342 g/mol. The monoisotopic (exact) mass is 361 g/mol. The van der Waals surface area contributed by atoms with E-state index in [9.17, 15) is 21.6 Å². The van der Waals surface area contributed by atoms with Gasteiger partial charge in [-0.2, -0.15) is 0 Å². The molecule has 0 unspecified atom stereocenters. The van der Waals surface area contributed by atoms with Crippen LogP contribution in [0.2, 0.25) is 0 Å². The molecule has 128 valence electrons. The molecule has 1 amide bonds. The number of nitrogens with zero attached hydrogens (tertiary/aromatic N) is 2. The highest BCUT2D eigenvalue weighted by Crippen LogP contribution is 2.26. The molecular formula is C13H19N3O5S2. The van der Waals surface area contributed by atoms with Gasteiger partial charge in [0.1, 0.15) is 0 Å². The van der Waals surface area contributed by atoms with E-state index in [2.05, 4.69) is 4.72 Å². The average Bonchev–Trinajstić information content (AvgIpc) is 2.72. The van der Waals surface area contributed by atoms with Crippen LogP contribution in [0.4, 0.5) is 5.69 Å². The number of sulfonamides is 2. The number of likely N-dealkylation sites (N-methyl/N-ethyl adjacent to an activating group) is 1. The van der Waals surface area contributed by atoms with Gasteiger partial charge in [-0.05, 0) is 38.4 Å². The molecule has 0 radical (unpaired) electrons. The molecule has 1 fully saturated rings. The van der Waals surface area contributed by atoms with E-state index in [1.807, 2.05) is 19.0 Å². The van der Waals surface area contributed by atoms with E-state index >= 15 is 0 Å². The van der Waals surface area contributed by atoms with Crippen LogP contribution in [0.1, 0.15) is 6.42 Å². The number of rotatable bonds is 6. The van der Waals surface area contributed by atoms with E-state index in [-0.39, 0.29) is 29.3 Å². The predicted molar refractivity (Wildman–Crippen MR) is 86.1 cm³/mol. The highest BCUT2D eigenvalue weighted by molar-refractivity contribution is 7.94. The summed E-state index contributed by atoms with van der Waals surface area (Å²) in [6.45, 7) is 0.813. The molecule has 1 aromatic carbocycles. The van der Waals surface area contributed by atoms with Crippen LogP contribution in [0, 0.1) is 0 Å². The van der Waals surface area contributed by atoms with Crippen molar-refractivity contribution < 1.29 is 21.6 Å². The van der Waals surface area contributed by atoms with Crippen LogP contribution in [0.5, 0.6) is 0 Å². The van der Waals surface area contributed by atoms with Crippen molar-refractivity contribution in [2.75, 3.05) is 37.2 Å². The summed E-state index contributed by atoms with van der Waals surface area (Å²) in [4.78, 5) is 13.5. The van der Waals surface area contributed by atoms with Gasteiger partial charge in [0.15, 0.2) is 0 Å². The molecule has 10 heteroatoms. The Balaban J connectivity index is 2.18. The van der Waals surface area contributed by atoms with Crippen molar-refractivity contribution in [1.29, 1.82) is 0 Å². The van der Waals surface area contributed by atoms with Crippen LogP contribution in [0.3, 0.4) is 0 Å². The third kappa shape index (κ3) is 4.08. The van der Waals surface area contributed by atoms with Crippen molar-refractivity contribution in [1.82, 2.24) is 9.62 Å². The lowest BCUT2D eigenvalue weighted by Gasteiger charge is -2.15. The van der Waals surface area contributed by atoms with E-state index < -0.39 is 26.0 Å². The Morgan fingerprint density at radius 3 is 2.30 bits per heavy atom. The second-order valence-electron chi connectivity index (χ2n) is 5.42. The Labute approximate surface area is 136 Å². The predicted octanol–water partition coefficient (Wildman–Crippen LogP) is -0.407. The highest BCUT2D eigenvalue weighted by Gasteiger charge is 2.36. The van der Waals surface area contributed by atoms with Crippen molar-refractivity contribution in [3.63, 3.8) is 0 Å². The molecule has 0 aliphatic carbocycles. The molecule has 1 aliphatic heterocycles. The van der Waals surface area contributed by atoms with Crippen LogP contribution in [0.15, 0.2) is 29.2 Å². The minimum absolute atomic E-state index is 0.0176. The maximum atomic E-state index is 12.1. The molecule has 23 heavy (non-hydrogen) atoms. The molecule has 2 rings (SSSR count). The van der Waals surface area contributed by atoms with Gasteiger partial charge < -0.3 is 4.90 Å². The summed E-state index contributed by atoms with van der Waals surface area (Å²) >= 11 is 0. The number of carbonyl (C=O) groups excluding carboxylic acids is 1. The van der Waals surface area contributed by atoms with E-state index in [0.29, 0.717) is 6.54 Å². The lowest BCUT2D eigenvalue weighted by molar-refractivity contribution is -0.116. The second kappa shape index (κ2) is 6.56. The molecule has 8 nitrogen and oxygen atoms in total. The van der Waals surface area contributed by atoms with Crippen molar-refractivity contribution >= 4 is 31.6 Å². The smallest absolute Gasteiger partial charge is 0.242 e. The fourth-order valence-corrected chi connectivity index (χ4v) is 4.60. The van der Waals surface area contributed by atoms with Gasteiger partial charge in [0.2, 0.25) is 26.0 Å². The fraction of sp³-hybridized carbons (Fsp3) is 0.462. The van der Waals surface area contributed by atoms with Crippen LogP contribution < -0.4 is 9.03 Å². The van der Waals surface area contributed by atoms with E-state index in [4.69, 9.17) is 0 Å². The molecule has 1 heterocycles. The topological polar surface area (TPSA) is 104 Å². The SMILES string of the molecule is CN(C)CCNS(=O)(=O)c1ccc(N2C(=O)CCS2(=O)=O)cc1. The molecule has 0 spiro atoms. The fourth-order valence-electron chi connectivity index (χ4n) is 2.12. The van der Waals surface area contributed by atoms with Crippen LogP contribution in [-0.2, 0) is 24.8 Å². The minimum atomic E-state index is -3.67. The van der Waals surface area contributed by atoms with Crippen molar-refractivity contribution in [3.05, 3.63) is 24.3 Å². The minimum Gasteiger partial charge on any atom is -0.308 e. The highest BCUT2D eigenvalue weighted by atomic mass is 32.2. The number of hydrogen-bond donors (Lipinski definition) is 1. The Morgan fingerprint density at radius 2 is 1.83 bits per heavy atom. The van der Waals surface area contributed by atoms with Crippen molar-refractivity contribution in [2.45, 2.75) is 11.3 Å². The summed E-state index contributed by atoms with van der Waals surface area (Å²) in [5, 5.41) is 0. The summed E-state index contributed by atoms with van der Waals surface area (Å²) in [6, 6.07) is 5.21. The average molecular weight is 361 g/mol. The number of anilines is 1. The van der Waals surface area contributed by atoms with Gasteiger partial charge in [0.25, 0.3) is 0 Å². The number of benzene rings is 1. The lowest BCUT2D eigenvalue weighted by Crippen LogP contribution is -2.31. The molecule has 1 N–H and O–H groups in total. The van der Waals surface area contributed by atoms with E-state index in [0.717, 1.165) is 4.31 Å². The van der Waals surface area contributed by atoms with Crippen molar-refractivity contribution in [3.8, 4) is 0 Å². The quantitative estimate of drug-likeness (QED) is 0.739. The Hall–Kier alpha value is -1.49. The van der Waals surface area contributed by atoms with E-state index in [1.165, 1.54) is 24.3 Å². The van der Waals surface area contributed by atoms with Crippen LogP contribution in [0.25, 0.3) is 0 Å². The first-order valence-electron chi connectivity index (χ1n) is 6.94. The van der Waals surface area contributed by atoms with Gasteiger partial charge in [-0.15, -0.1) is 0 Å². The van der Waals surface area contributed by atoms with Crippen molar-refractivity contribution in [2.24, 2.45) is 0 Å². The normalized spacial score (nSPS) is 17.9. The standard InChI is InChI=1S/C13H19N3O5S2/c1-15(2)9-8-14-23(20,21)12-5-3-11(4-6-12)16-13(17)7-10-22(16,18)19/h3-6,14H,7-10H2,1-2H3. The number of nitrogens with one attached hydrogen (secondary N) is 1. The van der Waals surface area contributed by atoms with Gasteiger partial charge >= 0.3 is 0 Å². The second-order valence-corrected chi connectivity index (χ2v) is 9.12. The molecule has 0 saturated carbocycles. The van der Waals surface area contributed by atoms with Gasteiger partial charge in [0, 0.05) is 19.5 Å². The number of amides is 1. The molecule has 0 bridgehead atoms. The summed E-state index contributed by atoms with van der Waals surface area (Å²) < 4.78 is 51.1. The van der Waals surface area contributed by atoms with Gasteiger partial charge in [-0.3, -0.25) is 4.79 Å². The number of hydrogen-bond acceptors (Lipinski definition) is 6.